The molecular formula is C20H17Cl2N7O2. The Kier molecular flexibility index (Phi) is 4.91. The highest BCUT2D eigenvalue weighted by Gasteiger charge is 2.20. The van der Waals surface area contributed by atoms with Gasteiger partial charge in [-0.1, -0.05) is 29.3 Å². The van der Waals surface area contributed by atoms with Crippen LogP contribution in [0.15, 0.2) is 40.2 Å². The second-order valence-corrected chi connectivity index (χ2v) is 8.05. The predicted octanol–water partition coefficient (Wildman–Crippen LogP) is 1.98. The van der Waals surface area contributed by atoms with Gasteiger partial charge in [-0.25, -0.2) is 9.78 Å². The highest BCUT2D eigenvalue weighted by molar-refractivity contribution is 6.36. The Hall–Kier alpha value is -3.30. The van der Waals surface area contributed by atoms with Gasteiger partial charge in [0, 0.05) is 33.4 Å². The standard InChI is InChI=1S/C20H17Cl2N7O2/c21-13-2-1-3-14(22)12(13)9-23-16-7-17(25-11-4-5-11)29-18(27-16)10(8-24-29)6-15-19(30)28-20(31)26-15/h1-3,6-8,11,23,30H,4-5,9H2,(H2,26,28,31)/b10-6+,25-17?. The third-order valence-corrected chi connectivity index (χ3v) is 5.59. The van der Waals surface area contributed by atoms with E-state index in [9.17, 15) is 9.90 Å². The van der Waals surface area contributed by atoms with Crippen molar-refractivity contribution in [2.24, 2.45) is 4.99 Å². The van der Waals surface area contributed by atoms with E-state index in [2.05, 4.69) is 25.4 Å². The molecule has 0 atom stereocenters. The lowest BCUT2D eigenvalue weighted by Gasteiger charge is -2.09. The number of aromatic hydroxyl groups is 1. The van der Waals surface area contributed by atoms with Gasteiger partial charge in [0.25, 0.3) is 0 Å². The van der Waals surface area contributed by atoms with Gasteiger partial charge in [0.1, 0.15) is 11.5 Å². The van der Waals surface area contributed by atoms with Crippen LogP contribution in [0.4, 0.5) is 5.82 Å². The molecular weight excluding hydrogens is 441 g/mol. The summed E-state index contributed by atoms with van der Waals surface area (Å²) in [6.45, 7) is 0.379. The zero-order valence-electron chi connectivity index (χ0n) is 16.1. The van der Waals surface area contributed by atoms with Gasteiger partial charge in [0.2, 0.25) is 5.88 Å². The van der Waals surface area contributed by atoms with Crippen LogP contribution < -0.4 is 21.7 Å². The van der Waals surface area contributed by atoms with Crippen LogP contribution in [0.25, 0.3) is 11.7 Å². The zero-order valence-corrected chi connectivity index (χ0v) is 17.6. The Morgan fingerprint density at radius 1 is 1.29 bits per heavy atom. The summed E-state index contributed by atoms with van der Waals surface area (Å²) in [5.41, 5.74) is 1.69. The number of nitrogens with one attached hydrogen (secondary N) is 3. The summed E-state index contributed by atoms with van der Waals surface area (Å²) >= 11 is 12.6. The van der Waals surface area contributed by atoms with Crippen LogP contribution in [-0.2, 0) is 6.54 Å². The monoisotopic (exact) mass is 457 g/mol. The summed E-state index contributed by atoms with van der Waals surface area (Å²) in [5, 5.41) is 19.3. The number of halogens is 2. The highest BCUT2D eigenvalue weighted by atomic mass is 35.5. The molecule has 9 nitrogen and oxygen atoms in total. The maximum atomic E-state index is 11.4. The van der Waals surface area contributed by atoms with Gasteiger partial charge in [-0.2, -0.15) is 9.61 Å². The van der Waals surface area contributed by atoms with E-state index in [1.807, 2.05) is 6.07 Å². The molecule has 0 aliphatic heterocycles. The minimum absolute atomic E-state index is 0.239. The number of anilines is 1. The van der Waals surface area contributed by atoms with Crippen LogP contribution in [0.3, 0.4) is 0 Å². The largest absolute Gasteiger partial charge is 0.493 e. The molecule has 0 bridgehead atoms. The van der Waals surface area contributed by atoms with E-state index < -0.39 is 5.69 Å². The van der Waals surface area contributed by atoms with Crippen molar-refractivity contribution in [3.8, 4) is 5.88 Å². The highest BCUT2D eigenvalue weighted by Crippen LogP contribution is 2.25. The number of aromatic amines is 2. The first-order chi connectivity index (χ1) is 15.0. The average molecular weight is 458 g/mol. The number of imidazole rings is 1. The topological polar surface area (TPSA) is 123 Å². The third-order valence-electron chi connectivity index (χ3n) is 4.89. The van der Waals surface area contributed by atoms with Gasteiger partial charge in [0.15, 0.2) is 11.1 Å². The lowest BCUT2D eigenvalue weighted by Crippen LogP contribution is -2.20. The van der Waals surface area contributed by atoms with Crippen molar-refractivity contribution in [1.82, 2.24) is 24.6 Å². The summed E-state index contributed by atoms with van der Waals surface area (Å²) < 4.78 is 1.64. The molecule has 0 amide bonds. The number of H-pyrrole nitrogens is 2. The molecule has 1 saturated carbocycles. The van der Waals surface area contributed by atoms with E-state index in [0.29, 0.717) is 38.8 Å². The Balaban J connectivity index is 1.60. The molecule has 3 aromatic heterocycles. The lowest BCUT2D eigenvalue weighted by atomic mass is 10.2. The molecule has 11 heteroatoms. The SMILES string of the molecule is O=c1[nH]c(O)c(/C=c2\cnn3c(=NC4CC4)cc(NCc4c(Cl)cccc4Cl)nc23)[nH]1. The van der Waals surface area contributed by atoms with Gasteiger partial charge in [-0.05, 0) is 31.1 Å². The summed E-state index contributed by atoms with van der Waals surface area (Å²) in [5.74, 6) is 0.319. The van der Waals surface area contributed by atoms with Crippen molar-refractivity contribution in [3.63, 3.8) is 0 Å². The van der Waals surface area contributed by atoms with Gasteiger partial charge < -0.3 is 15.4 Å². The fourth-order valence-corrected chi connectivity index (χ4v) is 3.70. The minimum Gasteiger partial charge on any atom is -0.493 e. The molecule has 31 heavy (non-hydrogen) atoms. The van der Waals surface area contributed by atoms with Gasteiger partial charge >= 0.3 is 5.69 Å². The number of hydrogen-bond donors (Lipinski definition) is 4. The van der Waals surface area contributed by atoms with Crippen LogP contribution in [0.5, 0.6) is 5.88 Å². The minimum atomic E-state index is -0.503. The zero-order chi connectivity index (χ0) is 21.5. The summed E-state index contributed by atoms with van der Waals surface area (Å²) in [4.78, 5) is 25.6. The fraction of sp³-hybridized carbons (Fsp3) is 0.200. The molecule has 158 valence electrons. The maximum Gasteiger partial charge on any atom is 0.326 e. The molecule has 0 unspecified atom stereocenters. The lowest BCUT2D eigenvalue weighted by molar-refractivity contribution is 0.454. The van der Waals surface area contributed by atoms with E-state index >= 15 is 0 Å². The van der Waals surface area contributed by atoms with Crippen molar-refractivity contribution in [2.45, 2.75) is 25.4 Å². The molecule has 4 N–H and O–H groups in total. The number of benzene rings is 1. The van der Waals surface area contributed by atoms with Gasteiger partial charge in [0.05, 0.1) is 12.2 Å². The van der Waals surface area contributed by atoms with E-state index in [4.69, 9.17) is 28.2 Å². The predicted molar refractivity (Wildman–Crippen MR) is 117 cm³/mol. The van der Waals surface area contributed by atoms with Gasteiger partial charge in [-0.3, -0.25) is 9.98 Å². The van der Waals surface area contributed by atoms with Crippen LogP contribution >= 0.6 is 23.2 Å². The van der Waals surface area contributed by atoms with Crippen molar-refractivity contribution >= 4 is 40.7 Å². The van der Waals surface area contributed by atoms with E-state index in [-0.39, 0.29) is 17.6 Å². The number of fused-ring (bicyclic) bond motifs is 1. The fourth-order valence-electron chi connectivity index (χ4n) is 3.17. The summed E-state index contributed by atoms with van der Waals surface area (Å²) in [6, 6.07) is 7.45. The van der Waals surface area contributed by atoms with Crippen LogP contribution in [0, 0.1) is 0 Å². The number of hydrogen-bond acceptors (Lipinski definition) is 6. The summed E-state index contributed by atoms with van der Waals surface area (Å²) in [7, 11) is 0. The molecule has 4 aromatic rings. The Morgan fingerprint density at radius 2 is 2.06 bits per heavy atom. The number of aromatic nitrogens is 5. The van der Waals surface area contributed by atoms with Crippen molar-refractivity contribution in [2.75, 3.05) is 5.32 Å². The first kappa shape index (κ1) is 19.7. The summed E-state index contributed by atoms with van der Waals surface area (Å²) in [6.07, 6.45) is 5.28. The Labute approximate surface area is 185 Å². The van der Waals surface area contributed by atoms with E-state index in [1.54, 1.807) is 35.0 Å². The normalized spacial score (nSPS) is 15.2. The second-order valence-electron chi connectivity index (χ2n) is 7.23. The molecule has 1 fully saturated rings. The maximum absolute atomic E-state index is 11.4. The number of rotatable bonds is 5. The second kappa shape index (κ2) is 7.75. The quantitative estimate of drug-likeness (QED) is 0.364. The first-order valence-electron chi connectivity index (χ1n) is 9.60. The molecule has 0 radical (unpaired) electrons. The third kappa shape index (κ3) is 4.01. The van der Waals surface area contributed by atoms with Gasteiger partial charge in [-0.15, -0.1) is 0 Å². The molecule has 0 saturated heterocycles. The van der Waals surface area contributed by atoms with Crippen LogP contribution in [0.1, 0.15) is 24.1 Å². The molecule has 3 heterocycles. The average Bonchev–Trinajstić information content (AvgIpc) is 3.36. The Bertz CT molecular complexity index is 1450. The molecule has 1 aliphatic carbocycles. The first-order valence-corrected chi connectivity index (χ1v) is 10.4. The van der Waals surface area contributed by atoms with Crippen molar-refractivity contribution in [3.05, 3.63) is 73.0 Å². The van der Waals surface area contributed by atoms with E-state index in [1.165, 1.54) is 0 Å². The molecule has 0 spiro atoms. The van der Waals surface area contributed by atoms with Crippen molar-refractivity contribution in [1.29, 1.82) is 0 Å². The molecule has 1 aromatic carbocycles. The van der Waals surface area contributed by atoms with Crippen LogP contribution in [0.2, 0.25) is 10.0 Å². The Morgan fingerprint density at radius 3 is 2.74 bits per heavy atom. The molecule has 5 rings (SSSR count). The number of nitrogens with zero attached hydrogens (tertiary/aromatic N) is 4. The smallest absolute Gasteiger partial charge is 0.326 e. The van der Waals surface area contributed by atoms with Crippen LogP contribution in [-0.4, -0.2) is 35.7 Å². The molecule has 1 aliphatic rings. The van der Waals surface area contributed by atoms with Crippen molar-refractivity contribution < 1.29 is 5.11 Å². The van der Waals surface area contributed by atoms with E-state index in [0.717, 1.165) is 18.4 Å².